The van der Waals surface area contributed by atoms with Crippen molar-refractivity contribution in [2.75, 3.05) is 7.11 Å². The lowest BCUT2D eigenvalue weighted by molar-refractivity contribution is 0.397. The summed E-state index contributed by atoms with van der Waals surface area (Å²) in [6, 6.07) is 3.89. The molecule has 0 saturated carbocycles. The van der Waals surface area contributed by atoms with Crippen LogP contribution >= 0.6 is 11.3 Å². The van der Waals surface area contributed by atoms with Crippen molar-refractivity contribution < 1.29 is 4.74 Å². The number of thiazole rings is 1. The molecule has 0 atom stereocenters. The van der Waals surface area contributed by atoms with Crippen molar-refractivity contribution in [2.45, 2.75) is 39.3 Å². The van der Waals surface area contributed by atoms with Gasteiger partial charge in [0.15, 0.2) is 0 Å². The van der Waals surface area contributed by atoms with Crippen molar-refractivity contribution in [3.8, 4) is 5.88 Å². The van der Waals surface area contributed by atoms with Gasteiger partial charge in [0.1, 0.15) is 0 Å². The van der Waals surface area contributed by atoms with Crippen LogP contribution in [0.3, 0.4) is 0 Å². The Bertz CT molecular complexity index is 543. The lowest BCUT2D eigenvalue weighted by Crippen LogP contribution is -2.14. The highest BCUT2D eigenvalue weighted by molar-refractivity contribution is 7.09. The van der Waals surface area contributed by atoms with Crippen LogP contribution in [0, 0.1) is 0 Å². The second kappa shape index (κ2) is 6.33. The Hall–Kier alpha value is -1.46. The van der Waals surface area contributed by atoms with Crippen LogP contribution in [-0.4, -0.2) is 17.1 Å². The van der Waals surface area contributed by atoms with Crippen molar-refractivity contribution in [3.63, 3.8) is 0 Å². The second-order valence-corrected chi connectivity index (χ2v) is 6.56. The minimum Gasteiger partial charge on any atom is -0.481 e. The monoisotopic (exact) mass is 291 g/mol. The second-order valence-electron chi connectivity index (χ2n) is 5.71. The number of hydrogen-bond donors (Lipinski definition) is 1. The van der Waals surface area contributed by atoms with Crippen LogP contribution in [0.25, 0.3) is 0 Å². The molecular formula is C15H21N3OS. The maximum atomic E-state index is 5.04. The van der Waals surface area contributed by atoms with Crippen molar-refractivity contribution in [1.82, 2.24) is 15.3 Å². The van der Waals surface area contributed by atoms with Crippen LogP contribution in [0.5, 0.6) is 5.88 Å². The van der Waals surface area contributed by atoms with E-state index >= 15 is 0 Å². The van der Waals surface area contributed by atoms with Gasteiger partial charge in [0.25, 0.3) is 0 Å². The molecule has 2 aromatic heterocycles. The topological polar surface area (TPSA) is 47.0 Å². The Morgan fingerprint density at radius 3 is 2.60 bits per heavy atom. The maximum absolute atomic E-state index is 5.04. The van der Waals surface area contributed by atoms with Gasteiger partial charge in [0.2, 0.25) is 5.88 Å². The Morgan fingerprint density at radius 1 is 1.25 bits per heavy atom. The normalized spacial score (nSPS) is 11.6. The summed E-state index contributed by atoms with van der Waals surface area (Å²) in [5, 5.41) is 6.69. The van der Waals surface area contributed by atoms with Crippen molar-refractivity contribution in [1.29, 1.82) is 0 Å². The first-order chi connectivity index (χ1) is 9.49. The highest BCUT2D eigenvalue weighted by Gasteiger charge is 2.17. The van der Waals surface area contributed by atoms with Crippen LogP contribution in [0.4, 0.5) is 0 Å². The maximum Gasteiger partial charge on any atom is 0.212 e. The number of pyridine rings is 1. The minimum atomic E-state index is 0.128. The number of ether oxygens (including phenoxy) is 1. The van der Waals surface area contributed by atoms with Crippen LogP contribution in [0.1, 0.15) is 37.0 Å². The fraction of sp³-hybridized carbons (Fsp3) is 0.467. The summed E-state index contributed by atoms with van der Waals surface area (Å²) >= 11 is 1.73. The number of rotatable bonds is 5. The van der Waals surface area contributed by atoms with E-state index in [9.17, 15) is 0 Å². The van der Waals surface area contributed by atoms with Gasteiger partial charge >= 0.3 is 0 Å². The molecule has 0 aliphatic heterocycles. The molecule has 5 heteroatoms. The number of hydrogen-bond acceptors (Lipinski definition) is 5. The Kier molecular flexibility index (Phi) is 4.73. The largest absolute Gasteiger partial charge is 0.481 e. The minimum absolute atomic E-state index is 0.128. The predicted molar refractivity (Wildman–Crippen MR) is 82.1 cm³/mol. The zero-order valence-corrected chi connectivity index (χ0v) is 13.3. The van der Waals surface area contributed by atoms with Gasteiger partial charge in [-0.2, -0.15) is 0 Å². The third kappa shape index (κ3) is 4.02. The van der Waals surface area contributed by atoms with E-state index in [1.807, 2.05) is 18.3 Å². The van der Waals surface area contributed by atoms with E-state index in [-0.39, 0.29) is 5.41 Å². The summed E-state index contributed by atoms with van der Waals surface area (Å²) in [7, 11) is 1.62. The standard InChI is InChI=1S/C15H21N3OS/c1-15(2,3)14-18-12(10-20-14)9-16-7-11-5-6-13(19-4)17-8-11/h5-6,8,10,16H,7,9H2,1-4H3. The molecule has 2 aromatic rings. The average molecular weight is 291 g/mol. The first-order valence-corrected chi connectivity index (χ1v) is 7.51. The van der Waals surface area contributed by atoms with Crippen LogP contribution in [0.2, 0.25) is 0 Å². The molecule has 0 unspecified atom stereocenters. The van der Waals surface area contributed by atoms with E-state index in [1.54, 1.807) is 18.4 Å². The molecule has 0 aliphatic rings. The molecule has 0 radical (unpaired) electrons. The Labute approximate surface area is 124 Å². The summed E-state index contributed by atoms with van der Waals surface area (Å²) in [5.41, 5.74) is 2.36. The highest BCUT2D eigenvalue weighted by atomic mass is 32.1. The molecule has 2 rings (SSSR count). The van der Waals surface area contributed by atoms with Gasteiger partial charge in [-0.05, 0) is 5.56 Å². The molecule has 0 fully saturated rings. The van der Waals surface area contributed by atoms with E-state index in [4.69, 9.17) is 4.74 Å². The van der Waals surface area contributed by atoms with E-state index in [0.717, 1.165) is 24.3 Å². The summed E-state index contributed by atoms with van der Waals surface area (Å²) in [4.78, 5) is 8.84. The fourth-order valence-corrected chi connectivity index (χ4v) is 2.61. The smallest absolute Gasteiger partial charge is 0.212 e. The molecular weight excluding hydrogens is 270 g/mol. The molecule has 20 heavy (non-hydrogen) atoms. The summed E-state index contributed by atoms with van der Waals surface area (Å²) < 4.78 is 5.04. The Balaban J connectivity index is 1.84. The van der Waals surface area contributed by atoms with Crippen molar-refractivity contribution >= 4 is 11.3 Å². The van der Waals surface area contributed by atoms with Gasteiger partial charge in [-0.3, -0.25) is 0 Å². The number of aromatic nitrogens is 2. The summed E-state index contributed by atoms with van der Waals surface area (Å²) in [5.74, 6) is 0.642. The average Bonchev–Trinajstić information content (AvgIpc) is 2.88. The number of methoxy groups -OCH3 is 1. The molecule has 108 valence electrons. The molecule has 0 aliphatic carbocycles. The van der Waals surface area contributed by atoms with Gasteiger partial charge < -0.3 is 10.1 Å². The SMILES string of the molecule is COc1ccc(CNCc2csc(C(C)(C)C)n2)cn1. The quantitative estimate of drug-likeness (QED) is 0.919. The van der Waals surface area contributed by atoms with Gasteiger partial charge in [-0.25, -0.2) is 9.97 Å². The Morgan fingerprint density at radius 2 is 2.05 bits per heavy atom. The van der Waals surface area contributed by atoms with Crippen molar-refractivity contribution in [2.24, 2.45) is 0 Å². The third-order valence-electron chi connectivity index (χ3n) is 2.84. The van der Waals surface area contributed by atoms with Crippen LogP contribution in [0.15, 0.2) is 23.7 Å². The first kappa shape index (κ1) is 14.9. The molecule has 0 saturated heterocycles. The third-order valence-corrected chi connectivity index (χ3v) is 4.15. The lowest BCUT2D eigenvalue weighted by atomic mass is 9.98. The zero-order chi connectivity index (χ0) is 14.6. The zero-order valence-electron chi connectivity index (χ0n) is 12.4. The lowest BCUT2D eigenvalue weighted by Gasteiger charge is -2.13. The fourth-order valence-electron chi connectivity index (χ4n) is 1.70. The van der Waals surface area contributed by atoms with Gasteiger partial charge in [-0.15, -0.1) is 11.3 Å². The van der Waals surface area contributed by atoms with Crippen LogP contribution < -0.4 is 10.1 Å². The van der Waals surface area contributed by atoms with Gasteiger partial charge in [-0.1, -0.05) is 26.8 Å². The van der Waals surface area contributed by atoms with E-state index in [2.05, 4.69) is 41.4 Å². The molecule has 0 spiro atoms. The molecule has 1 N–H and O–H groups in total. The molecule has 4 nitrogen and oxygen atoms in total. The summed E-state index contributed by atoms with van der Waals surface area (Å²) in [6.45, 7) is 8.11. The summed E-state index contributed by atoms with van der Waals surface area (Å²) in [6.07, 6.45) is 1.83. The molecule has 0 aromatic carbocycles. The molecule has 0 bridgehead atoms. The van der Waals surface area contributed by atoms with Crippen LogP contribution in [-0.2, 0) is 18.5 Å². The highest BCUT2D eigenvalue weighted by Crippen LogP contribution is 2.25. The van der Waals surface area contributed by atoms with E-state index in [1.165, 1.54) is 5.01 Å². The molecule has 0 amide bonds. The van der Waals surface area contributed by atoms with E-state index < -0.39 is 0 Å². The van der Waals surface area contributed by atoms with E-state index in [0.29, 0.717) is 5.88 Å². The molecule has 2 heterocycles. The number of nitrogens with zero attached hydrogens (tertiary/aromatic N) is 2. The van der Waals surface area contributed by atoms with Crippen molar-refractivity contribution in [3.05, 3.63) is 40.0 Å². The number of nitrogens with one attached hydrogen (secondary N) is 1. The predicted octanol–water partition coefficient (Wildman–Crippen LogP) is 3.13. The van der Waals surface area contributed by atoms with Gasteiger partial charge in [0.05, 0.1) is 17.8 Å². The first-order valence-electron chi connectivity index (χ1n) is 6.63. The van der Waals surface area contributed by atoms with Gasteiger partial charge in [0, 0.05) is 36.1 Å².